The summed E-state index contributed by atoms with van der Waals surface area (Å²) < 4.78 is 0. The van der Waals surface area contributed by atoms with Gasteiger partial charge < -0.3 is 20.2 Å². The molecule has 0 fully saturated rings. The fraction of sp³-hybridized carbons (Fsp3) is 0. The van der Waals surface area contributed by atoms with Gasteiger partial charge in [0.1, 0.15) is 22.2 Å². The first kappa shape index (κ1) is 15.4. The summed E-state index contributed by atoms with van der Waals surface area (Å²) >= 11 is 0. The van der Waals surface area contributed by atoms with E-state index >= 15 is 0 Å². The molecule has 0 saturated carbocycles. The number of H-pyrrole nitrogens is 2. The summed E-state index contributed by atoms with van der Waals surface area (Å²) in [6.45, 7) is 0. The molecule has 0 aliphatic heterocycles. The van der Waals surface area contributed by atoms with Gasteiger partial charge in [0, 0.05) is 0 Å². The first-order valence-electron chi connectivity index (χ1n) is 7.15. The highest BCUT2D eigenvalue weighted by atomic mass is 16.3. The van der Waals surface area contributed by atoms with Crippen LogP contribution >= 0.6 is 0 Å². The zero-order valence-electron chi connectivity index (χ0n) is 12.5. The number of rotatable bonds is 2. The van der Waals surface area contributed by atoms with Crippen LogP contribution in [0.5, 0.6) is 11.5 Å². The zero-order chi connectivity index (χ0) is 17.1. The van der Waals surface area contributed by atoms with Crippen molar-refractivity contribution in [1.82, 2.24) is 9.97 Å². The molecule has 0 aliphatic rings. The van der Waals surface area contributed by atoms with Crippen LogP contribution in [-0.4, -0.2) is 20.2 Å². The van der Waals surface area contributed by atoms with Crippen molar-refractivity contribution >= 4 is 12.2 Å². The molecule has 4 N–H and O–H groups in total. The minimum Gasteiger partial charge on any atom is -0.508 e. The molecule has 0 unspecified atom stereocenters. The van der Waals surface area contributed by atoms with Gasteiger partial charge in [-0.25, -0.2) is 0 Å². The third-order valence-electron chi connectivity index (χ3n) is 3.35. The van der Waals surface area contributed by atoms with Gasteiger partial charge in [0.2, 0.25) is 0 Å². The van der Waals surface area contributed by atoms with Crippen LogP contribution in [0.3, 0.4) is 0 Å². The zero-order valence-corrected chi connectivity index (χ0v) is 12.5. The summed E-state index contributed by atoms with van der Waals surface area (Å²) in [6.07, 6.45) is 2.94. The Labute approximate surface area is 135 Å². The van der Waals surface area contributed by atoms with Gasteiger partial charge in [0.25, 0.3) is 11.1 Å². The van der Waals surface area contributed by atoms with Gasteiger partial charge in [-0.3, -0.25) is 9.59 Å². The summed E-state index contributed by atoms with van der Waals surface area (Å²) in [4.78, 5) is 29.3. The third kappa shape index (κ3) is 3.44. The average Bonchev–Trinajstić information content (AvgIpc) is 2.52. The van der Waals surface area contributed by atoms with Crippen LogP contribution in [0.4, 0.5) is 0 Å². The van der Waals surface area contributed by atoms with Crippen molar-refractivity contribution in [2.45, 2.75) is 0 Å². The molecule has 0 aliphatic carbocycles. The van der Waals surface area contributed by atoms with Crippen molar-refractivity contribution in [2.24, 2.45) is 0 Å². The van der Waals surface area contributed by atoms with E-state index in [0.29, 0.717) is 11.1 Å². The van der Waals surface area contributed by atoms with Crippen molar-refractivity contribution in [3.8, 4) is 11.5 Å². The quantitative estimate of drug-likeness (QED) is 0.538. The van der Waals surface area contributed by atoms with Crippen LogP contribution in [0.15, 0.2) is 58.1 Å². The normalized spacial score (nSPS) is 12.5. The lowest BCUT2D eigenvalue weighted by Crippen LogP contribution is -2.46. The van der Waals surface area contributed by atoms with Gasteiger partial charge in [-0.2, -0.15) is 0 Å². The number of phenols is 2. The summed E-state index contributed by atoms with van der Waals surface area (Å²) in [5.74, 6) is 0.132. The van der Waals surface area contributed by atoms with E-state index in [2.05, 4.69) is 9.97 Å². The van der Waals surface area contributed by atoms with Gasteiger partial charge in [-0.1, -0.05) is 24.3 Å². The van der Waals surface area contributed by atoms with E-state index in [1.807, 2.05) is 0 Å². The molecule has 1 aromatic heterocycles. The lowest BCUT2D eigenvalue weighted by molar-refractivity contribution is 0.474. The standard InChI is InChI=1S/C18H14N2O4/c21-13-5-1-3-11(7-13)9-15-17(23)20-16(18(24)19-15)10-12-4-2-6-14(22)8-12/h1-10,21-22H,(H,19,24)(H,20,23)/b15-9-,16-10+. The number of benzene rings is 2. The SMILES string of the molecule is O=c1[nH]/c(=C/c2cccc(O)c2)c(=O)[nH]/c1=C\c1cccc(O)c1. The van der Waals surface area contributed by atoms with Gasteiger partial charge in [-0.05, 0) is 47.5 Å². The smallest absolute Gasteiger partial charge is 0.272 e. The van der Waals surface area contributed by atoms with Crippen LogP contribution in [0, 0.1) is 0 Å². The van der Waals surface area contributed by atoms with E-state index in [-0.39, 0.29) is 22.2 Å². The highest BCUT2D eigenvalue weighted by Crippen LogP contribution is 2.11. The maximum atomic E-state index is 12.1. The predicted molar refractivity (Wildman–Crippen MR) is 90.3 cm³/mol. The molecule has 3 rings (SSSR count). The maximum absolute atomic E-state index is 12.1. The van der Waals surface area contributed by atoms with Crippen LogP contribution in [0.25, 0.3) is 12.2 Å². The van der Waals surface area contributed by atoms with Crippen LogP contribution in [-0.2, 0) is 0 Å². The van der Waals surface area contributed by atoms with Gasteiger partial charge in [0.15, 0.2) is 0 Å². The van der Waals surface area contributed by atoms with E-state index < -0.39 is 11.1 Å². The van der Waals surface area contributed by atoms with Crippen molar-refractivity contribution in [1.29, 1.82) is 0 Å². The number of hydrogen-bond donors (Lipinski definition) is 4. The highest BCUT2D eigenvalue weighted by Gasteiger charge is 1.98. The molecule has 1 heterocycles. The molecule has 2 aromatic carbocycles. The van der Waals surface area contributed by atoms with Crippen molar-refractivity contribution < 1.29 is 10.2 Å². The largest absolute Gasteiger partial charge is 0.508 e. The summed E-state index contributed by atoms with van der Waals surface area (Å²) in [5, 5.41) is 19.0. The topological polar surface area (TPSA) is 106 Å². The maximum Gasteiger partial charge on any atom is 0.272 e. The van der Waals surface area contributed by atoms with Crippen LogP contribution in [0.1, 0.15) is 11.1 Å². The lowest BCUT2D eigenvalue weighted by atomic mass is 10.2. The number of aromatic hydroxyl groups is 2. The van der Waals surface area contributed by atoms with E-state index in [9.17, 15) is 19.8 Å². The fourth-order valence-corrected chi connectivity index (χ4v) is 2.26. The molecule has 0 amide bonds. The van der Waals surface area contributed by atoms with Crippen LogP contribution < -0.4 is 21.8 Å². The number of hydrogen-bond acceptors (Lipinski definition) is 4. The van der Waals surface area contributed by atoms with Crippen molar-refractivity contribution in [2.75, 3.05) is 0 Å². The molecule has 0 spiro atoms. The molecule has 120 valence electrons. The Kier molecular flexibility index (Phi) is 4.03. The first-order valence-corrected chi connectivity index (χ1v) is 7.15. The minimum atomic E-state index is -0.468. The second-order valence-electron chi connectivity index (χ2n) is 5.21. The Hall–Kier alpha value is -3.54. The minimum absolute atomic E-state index is 0.0661. The Bertz CT molecular complexity index is 1040. The summed E-state index contributed by atoms with van der Waals surface area (Å²) in [5.41, 5.74) is 0.232. The number of aromatic amines is 2. The van der Waals surface area contributed by atoms with Crippen LogP contribution in [0.2, 0.25) is 0 Å². The molecule has 6 nitrogen and oxygen atoms in total. The molecule has 24 heavy (non-hydrogen) atoms. The summed E-state index contributed by atoms with van der Waals surface area (Å²) in [7, 11) is 0. The van der Waals surface area contributed by atoms with E-state index in [4.69, 9.17) is 0 Å². The molecule has 0 bridgehead atoms. The van der Waals surface area contributed by atoms with Gasteiger partial charge in [-0.15, -0.1) is 0 Å². The van der Waals surface area contributed by atoms with E-state index in [1.54, 1.807) is 24.3 Å². The monoisotopic (exact) mass is 322 g/mol. The molecular weight excluding hydrogens is 308 g/mol. The second-order valence-corrected chi connectivity index (χ2v) is 5.21. The van der Waals surface area contributed by atoms with Gasteiger partial charge >= 0.3 is 0 Å². The average molecular weight is 322 g/mol. The number of phenolic OH excluding ortho intramolecular Hbond substituents is 2. The molecule has 3 aromatic rings. The van der Waals surface area contributed by atoms with Crippen molar-refractivity contribution in [3.63, 3.8) is 0 Å². The lowest BCUT2D eigenvalue weighted by Gasteiger charge is -1.96. The number of nitrogens with one attached hydrogen (secondary N) is 2. The number of aromatic nitrogens is 2. The molecule has 0 radical (unpaired) electrons. The van der Waals surface area contributed by atoms with Crippen molar-refractivity contribution in [3.05, 3.63) is 91.1 Å². The Balaban J connectivity index is 2.13. The first-order chi connectivity index (χ1) is 11.5. The molecular formula is C18H14N2O4. The summed E-state index contributed by atoms with van der Waals surface area (Å²) in [6, 6.07) is 12.6. The van der Waals surface area contributed by atoms with Gasteiger partial charge in [0.05, 0.1) is 0 Å². The Morgan fingerprint density at radius 2 is 1.12 bits per heavy atom. The van der Waals surface area contributed by atoms with E-state index in [1.165, 1.54) is 36.4 Å². The fourth-order valence-electron chi connectivity index (χ4n) is 2.26. The highest BCUT2D eigenvalue weighted by molar-refractivity contribution is 5.51. The Morgan fingerprint density at radius 1 is 0.708 bits per heavy atom. The molecule has 0 saturated heterocycles. The second kappa shape index (κ2) is 6.29. The Morgan fingerprint density at radius 3 is 1.50 bits per heavy atom. The third-order valence-corrected chi connectivity index (χ3v) is 3.35. The molecule has 6 heteroatoms. The van der Waals surface area contributed by atoms with E-state index in [0.717, 1.165) is 0 Å². The molecule has 0 atom stereocenters. The predicted octanol–water partition coefficient (Wildman–Crippen LogP) is 0.132.